The van der Waals surface area contributed by atoms with Gasteiger partial charge in [-0.15, -0.1) is 0 Å². The van der Waals surface area contributed by atoms with Gasteiger partial charge in [-0.3, -0.25) is 27.0 Å². The predicted octanol–water partition coefficient (Wildman–Crippen LogP) is 4.92. The highest BCUT2D eigenvalue weighted by molar-refractivity contribution is 8.15. The number of nitrogens with two attached hydrogens (primary N) is 5. The van der Waals surface area contributed by atoms with Crippen LogP contribution >= 0.6 is 76.0 Å². The van der Waals surface area contributed by atoms with Gasteiger partial charge in [-0.25, -0.2) is 0 Å². The molecule has 280 valence electrons. The van der Waals surface area contributed by atoms with E-state index in [1.807, 2.05) is 69.2 Å². The van der Waals surface area contributed by atoms with E-state index in [1.54, 1.807) is 13.8 Å². The van der Waals surface area contributed by atoms with Crippen molar-refractivity contribution in [2.24, 2.45) is 28.7 Å². The molecule has 0 aliphatic heterocycles. The van der Waals surface area contributed by atoms with Crippen LogP contribution in [0.25, 0.3) is 0 Å². The van der Waals surface area contributed by atoms with Crippen molar-refractivity contribution in [1.82, 2.24) is 0 Å². The molecule has 0 fully saturated rings. The van der Waals surface area contributed by atoms with E-state index in [4.69, 9.17) is 80.2 Å². The number of hydrogen-bond donors (Lipinski definition) is 15. The molecular weight excluding hydrogens is 735 g/mol. The zero-order valence-corrected chi connectivity index (χ0v) is 34.8. The molecule has 0 unspecified atom stereocenters. The predicted molar refractivity (Wildman–Crippen MR) is 214 cm³/mol. The Morgan fingerprint density at radius 1 is 0.435 bits per heavy atom. The van der Waals surface area contributed by atoms with Crippen molar-refractivity contribution in [2.75, 3.05) is 0 Å². The molecule has 20 N–H and O–H groups in total. The Hall–Kier alpha value is -0.280. The highest BCUT2D eigenvalue weighted by Gasteiger charge is 2.00. The first-order valence-corrected chi connectivity index (χ1v) is 20.0. The number of hydrogen-bond acceptors (Lipinski definition) is 16. The zero-order chi connectivity index (χ0) is 38.7. The topological polar surface area (TPSA) is 360 Å². The van der Waals surface area contributed by atoms with Crippen LogP contribution in [0.5, 0.6) is 0 Å². The van der Waals surface area contributed by atoms with E-state index in [2.05, 4.69) is 4.52 Å². The van der Waals surface area contributed by atoms with Crippen molar-refractivity contribution < 1.29 is 29.0 Å². The summed E-state index contributed by atoms with van der Waals surface area (Å²) >= 11 is 6.85. The van der Waals surface area contributed by atoms with Crippen LogP contribution in [0.3, 0.4) is 0 Å². The Labute approximate surface area is 300 Å². The summed E-state index contributed by atoms with van der Waals surface area (Å²) in [5.74, 6) is 0. The second-order valence-corrected chi connectivity index (χ2v) is 18.7. The van der Waals surface area contributed by atoms with Crippen molar-refractivity contribution >= 4 is 102 Å². The van der Waals surface area contributed by atoms with Crippen molar-refractivity contribution in [3.05, 3.63) is 0 Å². The molecule has 0 radical (unpaired) electrons. The molecule has 23 heteroatoms. The third-order valence-electron chi connectivity index (χ3n) is 2.12. The smallest absolute Gasteiger partial charge is 0.327 e. The van der Waals surface area contributed by atoms with Crippen molar-refractivity contribution in [3.63, 3.8) is 0 Å². The summed E-state index contributed by atoms with van der Waals surface area (Å²) in [6.07, 6.45) is -0.0962. The van der Waals surface area contributed by atoms with E-state index in [-0.39, 0.29) is 31.9 Å². The van der Waals surface area contributed by atoms with E-state index in [0.29, 0.717) is 26.2 Å². The van der Waals surface area contributed by atoms with Crippen LogP contribution in [0, 0.1) is 27.0 Å². The largest absolute Gasteiger partial charge is 0.379 e. The first-order chi connectivity index (χ1) is 20.5. The molecule has 0 atom stereocenters. The Morgan fingerprint density at radius 2 is 0.565 bits per heavy atom. The van der Waals surface area contributed by atoms with Crippen molar-refractivity contribution in [3.8, 4) is 0 Å². The van der Waals surface area contributed by atoms with Crippen LogP contribution < -0.4 is 28.7 Å². The molecular formula is C23H62N10O6P2S5. The van der Waals surface area contributed by atoms with Gasteiger partial charge in [0.05, 0.1) is 6.10 Å². The maximum Gasteiger partial charge on any atom is 0.327 e. The molecule has 0 saturated heterocycles. The summed E-state index contributed by atoms with van der Waals surface area (Å²) in [6, 6.07) is 0. The minimum Gasteiger partial charge on any atom is -0.379 e. The summed E-state index contributed by atoms with van der Waals surface area (Å²) < 4.78 is 4.43. The monoisotopic (exact) mass is 796 g/mol. The molecule has 0 aromatic heterocycles. The Balaban J connectivity index is -0.0000000776. The normalized spacial score (nSPS) is 9.76. The highest BCUT2D eigenvalue weighted by atomic mass is 32.2. The molecule has 0 amide bonds. The third kappa shape index (κ3) is 142. The average Bonchev–Trinajstić information content (AvgIpc) is 2.69. The van der Waals surface area contributed by atoms with Crippen molar-refractivity contribution in [1.29, 1.82) is 27.0 Å². The van der Waals surface area contributed by atoms with E-state index < -0.39 is 17.2 Å². The number of nitrogens with one attached hydrogen (secondary N) is 5. The van der Waals surface area contributed by atoms with E-state index in [9.17, 15) is 0 Å². The van der Waals surface area contributed by atoms with Gasteiger partial charge >= 0.3 is 17.2 Å². The van der Waals surface area contributed by atoms with Gasteiger partial charge < -0.3 is 57.7 Å². The maximum atomic E-state index is 8.12. The van der Waals surface area contributed by atoms with Crippen LogP contribution in [0.2, 0.25) is 0 Å². The molecule has 46 heavy (non-hydrogen) atoms. The van der Waals surface area contributed by atoms with E-state index in [1.165, 1.54) is 58.8 Å². The quantitative estimate of drug-likeness (QED) is 0.0923. The fourth-order valence-corrected chi connectivity index (χ4v) is 4.37. The molecule has 0 saturated carbocycles. The van der Waals surface area contributed by atoms with Gasteiger partial charge in [0.15, 0.2) is 25.8 Å². The van der Waals surface area contributed by atoms with Gasteiger partial charge in [0.1, 0.15) is 0 Å². The molecule has 0 aromatic carbocycles. The Kier molecular flexibility index (Phi) is 56.7. The van der Waals surface area contributed by atoms with Crippen LogP contribution in [-0.2, 0) is 4.52 Å². The second-order valence-electron chi connectivity index (χ2n) is 9.33. The van der Waals surface area contributed by atoms with Gasteiger partial charge in [-0.1, -0.05) is 128 Å². The molecule has 0 heterocycles. The number of rotatable bonds is 7. The van der Waals surface area contributed by atoms with Gasteiger partial charge in [0.2, 0.25) is 0 Å². The zero-order valence-electron chi connectivity index (χ0n) is 28.9. The molecule has 0 rings (SSSR count). The van der Waals surface area contributed by atoms with Crippen LogP contribution in [0.15, 0.2) is 0 Å². The van der Waals surface area contributed by atoms with E-state index >= 15 is 0 Å². The molecule has 0 aromatic rings. The lowest BCUT2D eigenvalue weighted by Crippen LogP contribution is -2.07. The first kappa shape index (κ1) is 61.0. The standard InChI is InChI=1S/5C4H10N2S.C3H9O3P.H3O3P/c5*1-3(2)7-4(5)6;1-3(2)6-7(4)5;1-4(2)3/h5*3H,1-2H3,(H3,5,6);3-5H,1-2H3;1-3H. The second kappa shape index (κ2) is 42.7. The summed E-state index contributed by atoms with van der Waals surface area (Å²) in [7, 11) is -4.76. The van der Waals surface area contributed by atoms with Gasteiger partial charge in [0.25, 0.3) is 0 Å². The van der Waals surface area contributed by atoms with Crippen LogP contribution in [-0.4, -0.2) is 82.7 Å². The number of amidine groups is 5. The number of thioether (sulfide) groups is 5. The molecule has 0 aliphatic rings. The maximum absolute atomic E-state index is 8.12. The molecule has 0 bridgehead atoms. The lowest BCUT2D eigenvalue weighted by atomic mass is 10.5. The Morgan fingerprint density at radius 3 is 0.565 bits per heavy atom. The van der Waals surface area contributed by atoms with Gasteiger partial charge in [-0.05, 0) is 13.8 Å². The fraction of sp³-hybridized carbons (Fsp3) is 0.783. The molecule has 0 aliphatic carbocycles. The summed E-state index contributed by atoms with van der Waals surface area (Å²) in [6.45, 7) is 23.5. The van der Waals surface area contributed by atoms with Gasteiger partial charge in [0, 0.05) is 26.2 Å². The lowest BCUT2D eigenvalue weighted by molar-refractivity contribution is 0.201. The fourth-order valence-electron chi connectivity index (χ4n) is 1.46. The van der Waals surface area contributed by atoms with Gasteiger partial charge in [-0.2, -0.15) is 0 Å². The van der Waals surface area contributed by atoms with Crippen molar-refractivity contribution in [2.45, 2.75) is 115 Å². The SMILES string of the molecule is CC(C)OP(O)O.CC(C)SC(=N)N.CC(C)SC(=N)N.CC(C)SC(=N)N.CC(C)SC(=N)N.CC(C)SC(=N)N.OP(O)O. The third-order valence-corrected chi connectivity index (χ3v) is 6.36. The molecule has 0 spiro atoms. The summed E-state index contributed by atoms with van der Waals surface area (Å²) in [5.41, 5.74) is 25.2. The first-order valence-electron chi connectivity index (χ1n) is 13.2. The molecule has 16 nitrogen and oxygen atoms in total. The van der Waals surface area contributed by atoms with Crippen LogP contribution in [0.1, 0.15) is 83.1 Å². The Bertz CT molecular complexity index is 636. The minimum atomic E-state index is -2.62. The summed E-state index contributed by atoms with van der Waals surface area (Å²) in [4.78, 5) is 37.9. The summed E-state index contributed by atoms with van der Waals surface area (Å²) in [5, 5.41) is 37.1. The van der Waals surface area contributed by atoms with E-state index in [0.717, 1.165) is 0 Å². The highest BCUT2D eigenvalue weighted by Crippen LogP contribution is 2.26. The van der Waals surface area contributed by atoms with Crippen LogP contribution in [0.4, 0.5) is 0 Å². The minimum absolute atomic E-state index is 0.0962. The lowest BCUT2D eigenvalue weighted by Gasteiger charge is -2.04. The average molecular weight is 797 g/mol.